The average molecular weight is 869 g/mol. The fourth-order valence-corrected chi connectivity index (χ4v) is 13.1. The first-order chi connectivity index (χ1) is 31.7. The van der Waals surface area contributed by atoms with Crippen molar-refractivity contribution in [2.45, 2.75) is 0 Å². The molecule has 4 nitrogen and oxygen atoms in total. The molecule has 0 spiro atoms. The van der Waals surface area contributed by atoms with Gasteiger partial charge in [0.1, 0.15) is 0 Å². The summed E-state index contributed by atoms with van der Waals surface area (Å²) >= 11 is 5.44. The van der Waals surface area contributed by atoms with Crippen LogP contribution in [0.5, 0.6) is 0 Å². The van der Waals surface area contributed by atoms with Gasteiger partial charge in [0.15, 0.2) is 17.5 Å². The molecular weight excluding hydrogens is 837 g/mol. The molecule has 0 aliphatic rings. The fourth-order valence-electron chi connectivity index (χ4n) is 9.68. The zero-order chi connectivity index (χ0) is 41.9. The van der Waals surface area contributed by atoms with Gasteiger partial charge in [-0.05, 0) is 83.9 Å². The third-order valence-electron chi connectivity index (χ3n) is 12.7. The summed E-state index contributed by atoms with van der Waals surface area (Å²) in [6.45, 7) is 0. The van der Waals surface area contributed by atoms with Crippen LogP contribution in [0.3, 0.4) is 0 Å². The summed E-state index contributed by atoms with van der Waals surface area (Å²) in [4.78, 5) is 16.0. The van der Waals surface area contributed by atoms with Crippen molar-refractivity contribution in [3.8, 4) is 51.0 Å². The van der Waals surface area contributed by atoms with Crippen LogP contribution in [0.25, 0.3) is 133 Å². The van der Waals surface area contributed by atoms with Gasteiger partial charge in [0, 0.05) is 93.7 Å². The Balaban J connectivity index is 0.956. The third kappa shape index (κ3) is 5.55. The zero-order valence-corrected chi connectivity index (χ0v) is 36.4. The molecule has 0 saturated heterocycles. The normalized spacial score (nSPS) is 12.1. The van der Waals surface area contributed by atoms with Crippen LogP contribution >= 0.6 is 34.0 Å². The number of hydrogen-bond acceptors (Lipinski definition) is 6. The number of aromatic nitrogens is 4. The smallest absolute Gasteiger partial charge is 0.164 e. The van der Waals surface area contributed by atoms with E-state index >= 15 is 0 Å². The minimum Gasteiger partial charge on any atom is -0.309 e. The van der Waals surface area contributed by atoms with Gasteiger partial charge in [0.2, 0.25) is 0 Å². The molecule has 0 saturated carbocycles. The van der Waals surface area contributed by atoms with Crippen molar-refractivity contribution in [3.05, 3.63) is 194 Å². The van der Waals surface area contributed by atoms with Crippen LogP contribution in [0.2, 0.25) is 0 Å². The lowest BCUT2D eigenvalue weighted by Gasteiger charge is -2.10. The third-order valence-corrected chi connectivity index (χ3v) is 16.1. The molecular formula is C57H32N4S3. The predicted octanol–water partition coefficient (Wildman–Crippen LogP) is 16.7. The van der Waals surface area contributed by atoms with Crippen molar-refractivity contribution >= 4 is 116 Å². The Hall–Kier alpha value is -7.55. The summed E-state index contributed by atoms with van der Waals surface area (Å²) in [7, 11) is 0. The Labute approximate surface area is 378 Å². The van der Waals surface area contributed by atoms with Gasteiger partial charge < -0.3 is 4.57 Å². The van der Waals surface area contributed by atoms with Crippen LogP contribution in [0, 0.1) is 0 Å². The maximum absolute atomic E-state index is 5.35. The first-order valence-electron chi connectivity index (χ1n) is 21.3. The van der Waals surface area contributed by atoms with E-state index in [1.54, 1.807) is 0 Å². The summed E-state index contributed by atoms with van der Waals surface area (Å²) < 4.78 is 9.79. The lowest BCUT2D eigenvalue weighted by Crippen LogP contribution is -2.00. The predicted molar refractivity (Wildman–Crippen MR) is 275 cm³/mol. The summed E-state index contributed by atoms with van der Waals surface area (Å²) in [5, 5.41) is 9.89. The van der Waals surface area contributed by atoms with Crippen molar-refractivity contribution in [1.29, 1.82) is 0 Å². The lowest BCUT2D eigenvalue weighted by molar-refractivity contribution is 1.08. The molecule has 0 unspecified atom stereocenters. The van der Waals surface area contributed by atoms with Crippen LogP contribution in [-0.2, 0) is 0 Å². The first kappa shape index (κ1) is 36.0. The molecule has 0 atom stereocenters. The molecule has 14 aromatic rings. The Kier molecular flexibility index (Phi) is 7.86. The molecule has 0 amide bonds. The van der Waals surface area contributed by atoms with Crippen molar-refractivity contribution in [2.24, 2.45) is 0 Å². The topological polar surface area (TPSA) is 43.6 Å². The van der Waals surface area contributed by atoms with E-state index in [4.69, 9.17) is 15.0 Å². The fraction of sp³-hybridized carbons (Fsp3) is 0. The van der Waals surface area contributed by atoms with Gasteiger partial charge in [-0.3, -0.25) is 0 Å². The summed E-state index contributed by atoms with van der Waals surface area (Å²) in [6.07, 6.45) is 0. The lowest BCUT2D eigenvalue weighted by atomic mass is 9.99. The Morgan fingerprint density at radius 2 is 0.797 bits per heavy atom. The zero-order valence-electron chi connectivity index (χ0n) is 34.0. The summed E-state index contributed by atoms with van der Waals surface area (Å²) in [6, 6.07) is 70.2. The molecule has 9 aromatic carbocycles. The number of hydrogen-bond donors (Lipinski definition) is 0. The number of rotatable bonds is 5. The van der Waals surface area contributed by atoms with E-state index < -0.39 is 0 Å². The van der Waals surface area contributed by atoms with E-state index in [1.807, 2.05) is 34.0 Å². The van der Waals surface area contributed by atoms with E-state index in [-0.39, 0.29) is 0 Å². The largest absolute Gasteiger partial charge is 0.309 e. The molecule has 0 radical (unpaired) electrons. The van der Waals surface area contributed by atoms with Crippen molar-refractivity contribution in [2.75, 3.05) is 0 Å². The van der Waals surface area contributed by atoms with Crippen molar-refractivity contribution in [1.82, 2.24) is 19.5 Å². The number of benzene rings is 9. The first-order valence-corrected chi connectivity index (χ1v) is 23.8. The Bertz CT molecular complexity index is 4080. The molecule has 0 fully saturated rings. The quantitative estimate of drug-likeness (QED) is 0.173. The number of nitrogens with zero attached hydrogens (tertiary/aromatic N) is 4. The SMILES string of the molecule is c1ccc(-n2c3ccccc3c3cc(-c4ccc5sc6cccc(-c7nc(-c8ccc9c(c8)sc8ccccc89)nc(-c8ccc9c(c8)sc8ccccc89)n7)c6c5c4)ccc32)cc1. The van der Waals surface area contributed by atoms with Crippen LogP contribution in [0.4, 0.5) is 0 Å². The van der Waals surface area contributed by atoms with Crippen molar-refractivity contribution in [3.63, 3.8) is 0 Å². The molecule has 0 bridgehead atoms. The minimum absolute atomic E-state index is 0.663. The minimum atomic E-state index is 0.663. The highest BCUT2D eigenvalue weighted by Crippen LogP contribution is 2.44. The highest BCUT2D eigenvalue weighted by atomic mass is 32.1. The van der Waals surface area contributed by atoms with Gasteiger partial charge in [0.05, 0.1) is 11.0 Å². The van der Waals surface area contributed by atoms with Gasteiger partial charge in [-0.1, -0.05) is 121 Å². The average Bonchev–Trinajstić information content (AvgIpc) is 4.12. The van der Waals surface area contributed by atoms with Gasteiger partial charge >= 0.3 is 0 Å². The molecule has 5 heterocycles. The van der Waals surface area contributed by atoms with Gasteiger partial charge in [0.25, 0.3) is 0 Å². The van der Waals surface area contributed by atoms with E-state index in [9.17, 15) is 0 Å². The number of thiophene rings is 3. The van der Waals surface area contributed by atoms with Crippen LogP contribution in [0.15, 0.2) is 194 Å². The summed E-state index contributed by atoms with van der Waals surface area (Å²) in [5.41, 5.74) is 8.85. The van der Waals surface area contributed by atoms with E-state index in [2.05, 4.69) is 199 Å². The van der Waals surface area contributed by atoms with Crippen LogP contribution in [-0.4, -0.2) is 19.5 Å². The molecule has 298 valence electrons. The standard InChI is InChI=1S/C57H32N4S3/c1-2-11-37(12-3-1)61-46-17-7-4-13-38(46)44-29-33(23-27-47(44)61)34-24-28-50-45(30-34)54-43(16-10-20-51(54)62-50)57-59-55(35-21-25-41-39-14-5-8-18-48(39)63-52(41)31-35)58-56(60-57)36-22-26-42-40-15-6-9-19-49(40)64-53(42)32-36/h1-32H. The molecule has 7 heteroatoms. The van der Waals surface area contributed by atoms with E-state index in [0.29, 0.717) is 17.5 Å². The second kappa shape index (κ2) is 14.0. The Morgan fingerprint density at radius 3 is 1.50 bits per heavy atom. The van der Waals surface area contributed by atoms with Crippen molar-refractivity contribution < 1.29 is 0 Å². The van der Waals surface area contributed by atoms with Gasteiger partial charge in [-0.25, -0.2) is 15.0 Å². The highest BCUT2D eigenvalue weighted by molar-refractivity contribution is 7.26. The van der Waals surface area contributed by atoms with Crippen LogP contribution in [0.1, 0.15) is 0 Å². The van der Waals surface area contributed by atoms with Gasteiger partial charge in [-0.2, -0.15) is 0 Å². The molecule has 0 aliphatic carbocycles. The highest BCUT2D eigenvalue weighted by Gasteiger charge is 2.20. The van der Waals surface area contributed by atoms with Crippen LogP contribution < -0.4 is 0 Å². The maximum Gasteiger partial charge on any atom is 0.164 e. The van der Waals surface area contributed by atoms with Gasteiger partial charge in [-0.15, -0.1) is 34.0 Å². The summed E-state index contributed by atoms with van der Waals surface area (Å²) in [5.74, 6) is 1.99. The number of para-hydroxylation sites is 2. The molecule has 14 rings (SSSR count). The molecule has 0 aliphatic heterocycles. The van der Waals surface area contributed by atoms with E-state index in [0.717, 1.165) is 27.8 Å². The maximum atomic E-state index is 5.35. The molecule has 0 N–H and O–H groups in total. The second-order valence-corrected chi connectivity index (χ2v) is 19.6. The second-order valence-electron chi connectivity index (χ2n) is 16.3. The monoisotopic (exact) mass is 868 g/mol. The Morgan fingerprint density at radius 1 is 0.297 bits per heavy atom. The molecule has 5 aromatic heterocycles. The molecule has 64 heavy (non-hydrogen) atoms. The number of fused-ring (bicyclic) bond motifs is 12. The van der Waals surface area contributed by atoms with E-state index in [1.165, 1.54) is 88.1 Å².